The molecule has 0 spiro atoms. The highest BCUT2D eigenvalue weighted by molar-refractivity contribution is 7.98. The second-order valence-corrected chi connectivity index (χ2v) is 7.57. The molecule has 1 heterocycles. The number of aryl methyl sites for hydroxylation is 1. The number of H-pyrrole nitrogens is 1. The van der Waals surface area contributed by atoms with Crippen molar-refractivity contribution in [3.05, 3.63) is 54.2 Å². The van der Waals surface area contributed by atoms with Crippen molar-refractivity contribution in [2.45, 2.75) is 16.7 Å². The molecule has 0 unspecified atom stereocenters. The van der Waals surface area contributed by atoms with Crippen LogP contribution >= 0.6 is 11.8 Å². The van der Waals surface area contributed by atoms with Crippen LogP contribution in [0.2, 0.25) is 0 Å². The minimum absolute atomic E-state index is 0.261. The summed E-state index contributed by atoms with van der Waals surface area (Å²) in [6.07, 6.45) is 3.92. The van der Waals surface area contributed by atoms with Gasteiger partial charge in [0.1, 0.15) is 0 Å². The van der Waals surface area contributed by atoms with Gasteiger partial charge in [0.15, 0.2) is 0 Å². The zero-order valence-corrected chi connectivity index (χ0v) is 13.9. The number of nitrogens with one attached hydrogen (secondary N) is 2. The van der Waals surface area contributed by atoms with Gasteiger partial charge in [-0.1, -0.05) is 17.7 Å². The lowest BCUT2D eigenvalue weighted by Crippen LogP contribution is -2.12. The van der Waals surface area contributed by atoms with Gasteiger partial charge in [0.05, 0.1) is 4.90 Å². The lowest BCUT2D eigenvalue weighted by molar-refractivity contribution is 0.601. The number of hydrogen-bond acceptors (Lipinski definition) is 3. The molecule has 1 aromatic heterocycles. The van der Waals surface area contributed by atoms with Gasteiger partial charge < -0.3 is 4.98 Å². The summed E-state index contributed by atoms with van der Waals surface area (Å²) in [7, 11) is -3.57. The maximum Gasteiger partial charge on any atom is 0.261 e. The first-order valence-corrected chi connectivity index (χ1v) is 9.45. The number of hydrogen-bond donors (Lipinski definition) is 2. The van der Waals surface area contributed by atoms with Gasteiger partial charge in [0.25, 0.3) is 10.0 Å². The molecule has 3 aromatic rings. The molecule has 0 atom stereocenters. The number of aromatic nitrogens is 1. The van der Waals surface area contributed by atoms with Crippen LogP contribution in [0.25, 0.3) is 10.9 Å². The Balaban J connectivity index is 1.96. The first kappa shape index (κ1) is 15.0. The summed E-state index contributed by atoms with van der Waals surface area (Å²) < 4.78 is 27.5. The SMILES string of the molecule is CSc1c[nH]c2ccc(NS(=O)(=O)c3ccc(C)cc3)cc12. The Morgan fingerprint density at radius 2 is 1.82 bits per heavy atom. The molecule has 0 saturated carbocycles. The van der Waals surface area contributed by atoms with Crippen LogP contribution in [0.4, 0.5) is 5.69 Å². The maximum absolute atomic E-state index is 12.4. The highest BCUT2D eigenvalue weighted by Crippen LogP contribution is 2.29. The van der Waals surface area contributed by atoms with E-state index in [0.717, 1.165) is 21.4 Å². The van der Waals surface area contributed by atoms with Crippen LogP contribution in [0.5, 0.6) is 0 Å². The lowest BCUT2D eigenvalue weighted by atomic mass is 10.2. The van der Waals surface area contributed by atoms with E-state index in [0.29, 0.717) is 5.69 Å². The molecule has 2 N–H and O–H groups in total. The number of fused-ring (bicyclic) bond motifs is 1. The summed E-state index contributed by atoms with van der Waals surface area (Å²) in [6.45, 7) is 1.92. The zero-order valence-electron chi connectivity index (χ0n) is 12.3. The van der Waals surface area contributed by atoms with Crippen molar-refractivity contribution in [2.24, 2.45) is 0 Å². The number of rotatable bonds is 4. The minimum atomic E-state index is -3.57. The van der Waals surface area contributed by atoms with Crippen LogP contribution in [0, 0.1) is 6.92 Å². The van der Waals surface area contributed by atoms with Crippen molar-refractivity contribution in [3.63, 3.8) is 0 Å². The van der Waals surface area contributed by atoms with Crippen molar-refractivity contribution >= 4 is 38.4 Å². The summed E-state index contributed by atoms with van der Waals surface area (Å²) in [5, 5.41) is 1.01. The molecule has 114 valence electrons. The number of aromatic amines is 1. The average Bonchev–Trinajstić information content (AvgIpc) is 2.89. The Bertz CT molecular complexity index is 913. The van der Waals surface area contributed by atoms with Gasteiger partial charge in [-0.2, -0.15) is 0 Å². The van der Waals surface area contributed by atoms with E-state index in [1.165, 1.54) is 0 Å². The predicted molar refractivity (Wildman–Crippen MR) is 92.1 cm³/mol. The molecule has 0 aliphatic carbocycles. The van der Waals surface area contributed by atoms with Crippen LogP contribution in [0.3, 0.4) is 0 Å². The van der Waals surface area contributed by atoms with Crippen molar-refractivity contribution in [2.75, 3.05) is 11.0 Å². The molecule has 0 bridgehead atoms. The second kappa shape index (κ2) is 5.70. The lowest BCUT2D eigenvalue weighted by Gasteiger charge is -2.09. The van der Waals surface area contributed by atoms with E-state index in [4.69, 9.17) is 0 Å². The topological polar surface area (TPSA) is 62.0 Å². The molecule has 3 rings (SSSR count). The predicted octanol–water partition coefficient (Wildman–Crippen LogP) is 4.00. The Labute approximate surface area is 134 Å². The van der Waals surface area contributed by atoms with Gasteiger partial charge in [0.2, 0.25) is 0 Å². The van der Waals surface area contributed by atoms with Crippen LogP contribution in [-0.2, 0) is 10.0 Å². The van der Waals surface area contributed by atoms with E-state index >= 15 is 0 Å². The Morgan fingerprint density at radius 1 is 1.09 bits per heavy atom. The van der Waals surface area contributed by atoms with Crippen LogP contribution in [0.15, 0.2) is 58.5 Å². The fourth-order valence-electron chi connectivity index (χ4n) is 2.26. The molecule has 0 aliphatic rings. The smallest absolute Gasteiger partial charge is 0.261 e. The monoisotopic (exact) mass is 332 g/mol. The summed E-state index contributed by atoms with van der Waals surface area (Å²) in [5.41, 5.74) is 2.57. The number of sulfonamides is 1. The number of thioether (sulfide) groups is 1. The third-order valence-corrected chi connectivity index (χ3v) is 5.62. The third-order valence-electron chi connectivity index (χ3n) is 3.45. The second-order valence-electron chi connectivity index (χ2n) is 5.04. The molecule has 0 fully saturated rings. The highest BCUT2D eigenvalue weighted by Gasteiger charge is 2.14. The van der Waals surface area contributed by atoms with Gasteiger partial charge in [-0.3, -0.25) is 4.72 Å². The van der Waals surface area contributed by atoms with Gasteiger partial charge in [-0.25, -0.2) is 8.42 Å². The van der Waals surface area contributed by atoms with Gasteiger partial charge in [-0.05, 0) is 43.5 Å². The van der Waals surface area contributed by atoms with E-state index in [2.05, 4.69) is 9.71 Å². The average molecular weight is 332 g/mol. The van der Waals surface area contributed by atoms with Crippen molar-refractivity contribution in [1.29, 1.82) is 0 Å². The molecule has 0 amide bonds. The Morgan fingerprint density at radius 3 is 2.50 bits per heavy atom. The first-order chi connectivity index (χ1) is 10.5. The maximum atomic E-state index is 12.4. The van der Waals surface area contributed by atoms with Crippen molar-refractivity contribution in [1.82, 2.24) is 4.98 Å². The van der Waals surface area contributed by atoms with Gasteiger partial charge in [0, 0.05) is 27.7 Å². The minimum Gasteiger partial charge on any atom is -0.360 e. The van der Waals surface area contributed by atoms with Crippen molar-refractivity contribution in [3.8, 4) is 0 Å². The standard InChI is InChI=1S/C16H16N2O2S2/c1-11-3-6-13(7-4-11)22(19,20)18-12-5-8-15-14(9-12)16(21-2)10-17-15/h3-10,17-18H,1-2H3. The molecular weight excluding hydrogens is 316 g/mol. The van der Waals surface area contributed by atoms with Gasteiger partial charge in [-0.15, -0.1) is 11.8 Å². The molecule has 6 heteroatoms. The molecular formula is C16H16N2O2S2. The molecule has 22 heavy (non-hydrogen) atoms. The molecule has 0 aliphatic heterocycles. The Kier molecular flexibility index (Phi) is 3.88. The largest absolute Gasteiger partial charge is 0.360 e. The van der Waals surface area contributed by atoms with E-state index in [-0.39, 0.29) is 4.90 Å². The quantitative estimate of drug-likeness (QED) is 0.710. The third kappa shape index (κ3) is 2.84. The zero-order chi connectivity index (χ0) is 15.7. The summed E-state index contributed by atoms with van der Waals surface area (Å²) in [5.74, 6) is 0. The van der Waals surface area contributed by atoms with Crippen molar-refractivity contribution < 1.29 is 8.42 Å². The van der Waals surface area contributed by atoms with Gasteiger partial charge >= 0.3 is 0 Å². The molecule has 4 nitrogen and oxygen atoms in total. The van der Waals surface area contributed by atoms with Crippen LogP contribution in [0.1, 0.15) is 5.56 Å². The summed E-state index contributed by atoms with van der Waals surface area (Å²) in [6, 6.07) is 12.3. The fraction of sp³-hybridized carbons (Fsp3) is 0.125. The summed E-state index contributed by atoms with van der Waals surface area (Å²) >= 11 is 1.62. The number of anilines is 1. The normalized spacial score (nSPS) is 11.7. The van der Waals surface area contributed by atoms with Crippen LogP contribution in [-0.4, -0.2) is 19.7 Å². The van der Waals surface area contributed by atoms with Crippen LogP contribution < -0.4 is 4.72 Å². The van der Waals surface area contributed by atoms with E-state index < -0.39 is 10.0 Å². The molecule has 0 radical (unpaired) electrons. The first-order valence-electron chi connectivity index (χ1n) is 6.74. The molecule has 0 saturated heterocycles. The fourth-order valence-corrected chi connectivity index (χ4v) is 3.87. The van der Waals surface area contributed by atoms with E-state index in [9.17, 15) is 8.42 Å². The molecule has 2 aromatic carbocycles. The van der Waals surface area contributed by atoms with E-state index in [1.54, 1.807) is 42.1 Å². The number of benzene rings is 2. The highest BCUT2D eigenvalue weighted by atomic mass is 32.2. The van der Waals surface area contributed by atoms with E-state index in [1.807, 2.05) is 31.5 Å². The summed E-state index contributed by atoms with van der Waals surface area (Å²) in [4.78, 5) is 4.52. The Hall–Kier alpha value is -1.92.